The summed E-state index contributed by atoms with van der Waals surface area (Å²) in [5, 5.41) is 18.0. The van der Waals surface area contributed by atoms with Gasteiger partial charge in [0, 0.05) is 10.6 Å². The molecule has 0 fully saturated rings. The standard InChI is InChI=1S/C32H22Cl2N2O4/c33-24-16-17-26(28(34)19-24)30(37)40-29-18-15-21-9-7-8-14-25(21)27(29)20-35-36-31(38)32(39,22-10-3-1-4-11-22)23-12-5-2-6-13-23/h1-20,39H,(H,36,38)/b35-20-. The Balaban J connectivity index is 1.48. The first-order valence-electron chi connectivity index (χ1n) is 12.2. The topological polar surface area (TPSA) is 88.0 Å². The number of carbonyl (C=O) groups excluding carboxylic acids is 2. The summed E-state index contributed by atoms with van der Waals surface area (Å²) in [5.74, 6) is -1.24. The summed E-state index contributed by atoms with van der Waals surface area (Å²) in [6, 6.07) is 32.6. The number of carbonyl (C=O) groups is 2. The van der Waals surface area contributed by atoms with Crippen LogP contribution in [0.25, 0.3) is 10.8 Å². The van der Waals surface area contributed by atoms with Crippen LogP contribution < -0.4 is 10.2 Å². The molecule has 40 heavy (non-hydrogen) atoms. The largest absolute Gasteiger partial charge is 0.422 e. The molecule has 8 heteroatoms. The summed E-state index contributed by atoms with van der Waals surface area (Å²) in [6.45, 7) is 0. The highest BCUT2D eigenvalue weighted by atomic mass is 35.5. The number of esters is 1. The van der Waals surface area contributed by atoms with Crippen molar-refractivity contribution in [3.05, 3.63) is 148 Å². The molecule has 6 nitrogen and oxygen atoms in total. The monoisotopic (exact) mass is 568 g/mol. The summed E-state index contributed by atoms with van der Waals surface area (Å²) >= 11 is 12.2. The Hall–Kier alpha value is -4.49. The molecule has 1 amide bonds. The number of nitrogens with one attached hydrogen (secondary N) is 1. The van der Waals surface area contributed by atoms with Crippen molar-refractivity contribution >= 4 is 52.1 Å². The second-order valence-corrected chi connectivity index (χ2v) is 9.70. The van der Waals surface area contributed by atoms with Crippen LogP contribution in [-0.4, -0.2) is 23.2 Å². The molecule has 0 saturated heterocycles. The van der Waals surface area contributed by atoms with Crippen LogP contribution in [-0.2, 0) is 10.4 Å². The maximum absolute atomic E-state index is 13.4. The van der Waals surface area contributed by atoms with Crippen LogP contribution in [0.4, 0.5) is 0 Å². The third kappa shape index (κ3) is 5.46. The first-order valence-corrected chi connectivity index (χ1v) is 13.0. The molecule has 0 heterocycles. The van der Waals surface area contributed by atoms with Crippen molar-refractivity contribution in [2.45, 2.75) is 5.60 Å². The van der Waals surface area contributed by atoms with Crippen molar-refractivity contribution in [3.63, 3.8) is 0 Å². The maximum atomic E-state index is 13.4. The maximum Gasteiger partial charge on any atom is 0.345 e. The summed E-state index contributed by atoms with van der Waals surface area (Å²) in [6.07, 6.45) is 1.38. The Kier molecular flexibility index (Phi) is 7.94. The van der Waals surface area contributed by atoms with E-state index in [0.717, 1.165) is 10.8 Å². The molecule has 0 aliphatic heterocycles. The molecule has 0 radical (unpaired) electrons. The molecule has 5 rings (SSSR count). The van der Waals surface area contributed by atoms with E-state index in [1.54, 1.807) is 78.9 Å². The predicted octanol–water partition coefficient (Wildman–Crippen LogP) is 6.75. The van der Waals surface area contributed by atoms with Crippen LogP contribution in [0, 0.1) is 0 Å². The number of hydrogen-bond acceptors (Lipinski definition) is 5. The minimum absolute atomic E-state index is 0.145. The Morgan fingerprint density at radius 2 is 1.43 bits per heavy atom. The van der Waals surface area contributed by atoms with Gasteiger partial charge in [-0.3, -0.25) is 4.79 Å². The van der Waals surface area contributed by atoms with Crippen LogP contribution in [0.1, 0.15) is 27.0 Å². The van der Waals surface area contributed by atoms with Gasteiger partial charge in [-0.05, 0) is 46.2 Å². The quantitative estimate of drug-likeness (QED) is 0.0983. The zero-order chi connectivity index (χ0) is 28.1. The van der Waals surface area contributed by atoms with E-state index >= 15 is 0 Å². The molecule has 5 aromatic rings. The molecule has 0 aliphatic carbocycles. The molecule has 5 aromatic carbocycles. The molecule has 0 spiro atoms. The third-order valence-corrected chi connectivity index (χ3v) is 6.90. The lowest BCUT2D eigenvalue weighted by molar-refractivity contribution is -0.136. The van der Waals surface area contributed by atoms with E-state index in [9.17, 15) is 14.7 Å². The van der Waals surface area contributed by atoms with Gasteiger partial charge >= 0.3 is 5.97 Å². The Bertz CT molecular complexity index is 1680. The minimum atomic E-state index is -2.00. The van der Waals surface area contributed by atoms with Gasteiger partial charge in [-0.2, -0.15) is 5.10 Å². The lowest BCUT2D eigenvalue weighted by atomic mass is 9.85. The predicted molar refractivity (Wildman–Crippen MR) is 157 cm³/mol. The van der Waals surface area contributed by atoms with Crippen LogP contribution in [0.2, 0.25) is 10.0 Å². The number of benzene rings is 5. The van der Waals surface area contributed by atoms with Crippen molar-refractivity contribution in [2.75, 3.05) is 0 Å². The van der Waals surface area contributed by atoms with E-state index in [2.05, 4.69) is 10.5 Å². The second-order valence-electron chi connectivity index (χ2n) is 8.85. The molecule has 0 saturated carbocycles. The average molecular weight is 569 g/mol. The van der Waals surface area contributed by atoms with Gasteiger partial charge < -0.3 is 9.84 Å². The van der Waals surface area contributed by atoms with E-state index in [-0.39, 0.29) is 16.3 Å². The number of ether oxygens (including phenoxy) is 1. The number of nitrogens with zero attached hydrogens (tertiary/aromatic N) is 1. The van der Waals surface area contributed by atoms with Gasteiger partial charge in [0.2, 0.25) is 0 Å². The number of amides is 1. The normalized spacial score (nSPS) is 11.5. The van der Waals surface area contributed by atoms with E-state index in [1.807, 2.05) is 24.3 Å². The number of aliphatic hydroxyl groups is 1. The van der Waals surface area contributed by atoms with Gasteiger partial charge in [0.25, 0.3) is 5.91 Å². The van der Waals surface area contributed by atoms with Crippen molar-refractivity contribution in [1.82, 2.24) is 5.43 Å². The van der Waals surface area contributed by atoms with Gasteiger partial charge in [0.15, 0.2) is 5.60 Å². The Labute approximate surface area is 240 Å². The number of fused-ring (bicyclic) bond motifs is 1. The van der Waals surface area contributed by atoms with Crippen LogP contribution >= 0.6 is 23.2 Å². The number of halogens is 2. The fourth-order valence-electron chi connectivity index (χ4n) is 4.33. The number of hydrogen-bond donors (Lipinski definition) is 2. The number of hydrazone groups is 1. The lowest BCUT2D eigenvalue weighted by Gasteiger charge is -2.27. The highest BCUT2D eigenvalue weighted by Crippen LogP contribution is 2.31. The molecular weight excluding hydrogens is 547 g/mol. The smallest absolute Gasteiger partial charge is 0.345 e. The van der Waals surface area contributed by atoms with Crippen LogP contribution in [0.15, 0.2) is 120 Å². The van der Waals surface area contributed by atoms with Crippen molar-refractivity contribution in [1.29, 1.82) is 0 Å². The van der Waals surface area contributed by atoms with Crippen LogP contribution in [0.5, 0.6) is 5.75 Å². The minimum Gasteiger partial charge on any atom is -0.422 e. The molecule has 2 N–H and O–H groups in total. The van der Waals surface area contributed by atoms with Crippen molar-refractivity contribution < 1.29 is 19.4 Å². The first-order chi connectivity index (χ1) is 19.4. The lowest BCUT2D eigenvalue weighted by Crippen LogP contribution is -2.43. The van der Waals surface area contributed by atoms with Crippen molar-refractivity contribution in [2.24, 2.45) is 5.10 Å². The summed E-state index contributed by atoms with van der Waals surface area (Å²) in [4.78, 5) is 26.4. The first kappa shape index (κ1) is 27.1. The summed E-state index contributed by atoms with van der Waals surface area (Å²) in [5.41, 5.74) is 1.82. The van der Waals surface area contributed by atoms with Crippen LogP contribution in [0.3, 0.4) is 0 Å². The summed E-state index contributed by atoms with van der Waals surface area (Å²) in [7, 11) is 0. The van der Waals surface area contributed by atoms with Gasteiger partial charge in [0.05, 0.1) is 16.8 Å². The Morgan fingerprint density at radius 3 is 2.08 bits per heavy atom. The molecule has 0 aromatic heterocycles. The van der Waals surface area contributed by atoms with Crippen molar-refractivity contribution in [3.8, 4) is 5.75 Å². The van der Waals surface area contributed by atoms with E-state index in [1.165, 1.54) is 18.3 Å². The average Bonchev–Trinajstić information content (AvgIpc) is 2.98. The van der Waals surface area contributed by atoms with Gasteiger partial charge in [0.1, 0.15) is 5.75 Å². The fraction of sp³-hybridized carbons (Fsp3) is 0.0312. The molecule has 198 valence electrons. The van der Waals surface area contributed by atoms with Gasteiger partial charge in [-0.1, -0.05) is 114 Å². The van der Waals surface area contributed by atoms with Gasteiger partial charge in [-0.15, -0.1) is 0 Å². The van der Waals surface area contributed by atoms with E-state index < -0.39 is 17.5 Å². The van der Waals surface area contributed by atoms with E-state index in [4.69, 9.17) is 27.9 Å². The zero-order valence-corrected chi connectivity index (χ0v) is 22.4. The SMILES string of the molecule is O=C(Oc1ccc2ccccc2c1/C=N\NC(=O)C(O)(c1ccccc1)c1ccccc1)c1ccc(Cl)cc1Cl. The summed E-state index contributed by atoms with van der Waals surface area (Å²) < 4.78 is 5.70. The number of rotatable bonds is 7. The molecule has 0 aliphatic rings. The third-order valence-electron chi connectivity index (χ3n) is 6.36. The van der Waals surface area contributed by atoms with E-state index in [0.29, 0.717) is 21.7 Å². The molecule has 0 bridgehead atoms. The Morgan fingerprint density at radius 1 is 0.800 bits per heavy atom. The molecule has 0 atom stereocenters. The fourth-order valence-corrected chi connectivity index (χ4v) is 4.82. The highest BCUT2D eigenvalue weighted by molar-refractivity contribution is 6.36. The zero-order valence-electron chi connectivity index (χ0n) is 20.9. The van der Waals surface area contributed by atoms with Gasteiger partial charge in [-0.25, -0.2) is 10.2 Å². The molecular formula is C32H22Cl2N2O4. The highest BCUT2D eigenvalue weighted by Gasteiger charge is 2.39. The second kappa shape index (κ2) is 11.7. The molecule has 0 unspecified atom stereocenters.